The second kappa shape index (κ2) is 10.7. The van der Waals surface area contributed by atoms with Gasteiger partial charge in [0.15, 0.2) is 5.78 Å². The van der Waals surface area contributed by atoms with Crippen molar-refractivity contribution in [3.8, 4) is 5.75 Å². The van der Waals surface area contributed by atoms with Crippen LogP contribution in [-0.4, -0.2) is 58.8 Å². The van der Waals surface area contributed by atoms with Gasteiger partial charge in [0.1, 0.15) is 22.2 Å². The monoisotopic (exact) mass is 473 g/mol. The summed E-state index contributed by atoms with van der Waals surface area (Å²) >= 11 is 2.82. The molecule has 6 nitrogen and oxygen atoms in total. The number of rotatable bonds is 6. The van der Waals surface area contributed by atoms with Gasteiger partial charge in [-0.2, -0.15) is 0 Å². The van der Waals surface area contributed by atoms with Crippen LogP contribution in [0.3, 0.4) is 0 Å². The molecule has 32 heavy (non-hydrogen) atoms. The van der Waals surface area contributed by atoms with Crippen LogP contribution in [0.2, 0.25) is 0 Å². The molecule has 0 saturated carbocycles. The average molecular weight is 474 g/mol. The number of nitrogens with zero attached hydrogens (tertiary/aromatic N) is 3. The Kier molecular flexibility index (Phi) is 8.27. The Balaban J connectivity index is 0.00000141. The summed E-state index contributed by atoms with van der Waals surface area (Å²) in [4.78, 5) is 25.6. The third-order valence-corrected chi connectivity index (χ3v) is 7.78. The fourth-order valence-corrected chi connectivity index (χ4v) is 5.72. The highest BCUT2D eigenvalue weighted by atomic mass is 32.2. The number of carbonyl (C=O) groups excluding carboxylic acids is 1. The Labute approximate surface area is 198 Å². The van der Waals surface area contributed by atoms with Crippen LogP contribution in [0, 0.1) is 6.92 Å². The van der Waals surface area contributed by atoms with E-state index in [1.807, 2.05) is 51.1 Å². The van der Waals surface area contributed by atoms with E-state index in [1.54, 1.807) is 7.11 Å². The molecule has 1 aliphatic heterocycles. The Hall–Kier alpha value is -2.00. The number of hydrogen-bond acceptors (Lipinski definition) is 8. The van der Waals surface area contributed by atoms with Crippen LogP contribution in [0.4, 0.5) is 0 Å². The first-order valence-corrected chi connectivity index (χ1v) is 12.7. The van der Waals surface area contributed by atoms with E-state index in [4.69, 9.17) is 4.74 Å². The third-order valence-electron chi connectivity index (χ3n) is 5.47. The number of likely N-dealkylation sites (tertiary alicyclic amines) is 1. The molecule has 0 radical (unpaired) electrons. The van der Waals surface area contributed by atoms with Crippen LogP contribution < -0.4 is 4.74 Å². The predicted molar refractivity (Wildman–Crippen MR) is 132 cm³/mol. The van der Waals surface area contributed by atoms with Gasteiger partial charge in [0.2, 0.25) is 0 Å². The first kappa shape index (κ1) is 24.6. The minimum absolute atomic E-state index is 0.0417. The van der Waals surface area contributed by atoms with E-state index in [-0.39, 0.29) is 11.5 Å². The summed E-state index contributed by atoms with van der Waals surface area (Å²) in [5.74, 6) is 1.73. The molecule has 2 aromatic heterocycles. The van der Waals surface area contributed by atoms with Crippen molar-refractivity contribution in [3.05, 3.63) is 45.9 Å². The first-order valence-electron chi connectivity index (χ1n) is 10.9. The number of thiophene rings is 1. The highest BCUT2D eigenvalue weighted by Crippen LogP contribution is 2.37. The molecule has 0 aliphatic carbocycles. The Bertz CT molecular complexity index is 1080. The largest absolute Gasteiger partial charge is 0.497 e. The molecule has 172 valence electrons. The van der Waals surface area contributed by atoms with Gasteiger partial charge < -0.3 is 14.7 Å². The summed E-state index contributed by atoms with van der Waals surface area (Å²) in [6.07, 6.45) is 1.39. The second-order valence-corrected chi connectivity index (χ2v) is 9.72. The molecule has 0 atom stereocenters. The number of carbonyl (C=O) groups is 1. The number of piperidine rings is 1. The van der Waals surface area contributed by atoms with Gasteiger partial charge in [-0.25, -0.2) is 9.97 Å². The van der Waals surface area contributed by atoms with Crippen LogP contribution in [0.15, 0.2) is 35.4 Å². The zero-order valence-electron chi connectivity index (χ0n) is 19.3. The number of aryl methyl sites for hydroxylation is 1. The zero-order chi connectivity index (χ0) is 23.3. The van der Waals surface area contributed by atoms with Gasteiger partial charge in [0.25, 0.3) is 0 Å². The molecule has 0 unspecified atom stereocenters. The van der Waals surface area contributed by atoms with Crippen molar-refractivity contribution in [2.24, 2.45) is 0 Å². The summed E-state index contributed by atoms with van der Waals surface area (Å²) in [5, 5.41) is 12.7. The Morgan fingerprint density at radius 3 is 2.62 bits per heavy atom. The van der Waals surface area contributed by atoms with Gasteiger partial charge in [-0.05, 0) is 57.1 Å². The average Bonchev–Trinajstić information content (AvgIpc) is 3.32. The number of methoxy groups -OCH3 is 1. The highest BCUT2D eigenvalue weighted by molar-refractivity contribution is 8.00. The van der Waals surface area contributed by atoms with Crippen LogP contribution in [-0.2, 0) is 5.60 Å². The van der Waals surface area contributed by atoms with E-state index < -0.39 is 5.60 Å². The van der Waals surface area contributed by atoms with Crippen LogP contribution in [0.25, 0.3) is 10.9 Å². The van der Waals surface area contributed by atoms with Gasteiger partial charge in [-0.15, -0.1) is 11.3 Å². The molecule has 0 bridgehead atoms. The molecule has 8 heteroatoms. The van der Waals surface area contributed by atoms with E-state index in [2.05, 4.69) is 21.9 Å². The van der Waals surface area contributed by atoms with Crippen molar-refractivity contribution in [1.29, 1.82) is 0 Å². The summed E-state index contributed by atoms with van der Waals surface area (Å²) in [7, 11) is 3.69. The number of aliphatic hydroxyl groups is 1. The van der Waals surface area contributed by atoms with Crippen LogP contribution >= 0.6 is 23.1 Å². The fraction of sp³-hybridized carbons (Fsp3) is 0.458. The summed E-state index contributed by atoms with van der Waals surface area (Å²) in [6.45, 7) is 7.57. The molecule has 4 rings (SSSR count). The van der Waals surface area contributed by atoms with E-state index in [1.165, 1.54) is 23.1 Å². The lowest BCUT2D eigenvalue weighted by Crippen LogP contribution is -2.40. The van der Waals surface area contributed by atoms with Gasteiger partial charge >= 0.3 is 0 Å². The normalized spacial score (nSPS) is 15.8. The molecule has 1 saturated heterocycles. The van der Waals surface area contributed by atoms with Crippen molar-refractivity contribution in [3.63, 3.8) is 0 Å². The minimum atomic E-state index is -0.820. The summed E-state index contributed by atoms with van der Waals surface area (Å²) < 4.78 is 5.32. The minimum Gasteiger partial charge on any atom is -0.497 e. The Morgan fingerprint density at radius 1 is 1.22 bits per heavy atom. The first-order chi connectivity index (χ1) is 15.4. The highest BCUT2D eigenvalue weighted by Gasteiger charge is 2.34. The second-order valence-electron chi connectivity index (χ2n) is 7.67. The molecule has 0 amide bonds. The van der Waals surface area contributed by atoms with E-state index >= 15 is 0 Å². The quantitative estimate of drug-likeness (QED) is 0.309. The maximum atomic E-state index is 12.8. The lowest BCUT2D eigenvalue weighted by Gasteiger charge is -2.35. The molecule has 3 heterocycles. The maximum Gasteiger partial charge on any atom is 0.183 e. The summed E-state index contributed by atoms with van der Waals surface area (Å²) in [6, 6.07) is 9.42. The number of hydrogen-bond donors (Lipinski definition) is 1. The van der Waals surface area contributed by atoms with Gasteiger partial charge in [0.05, 0.1) is 23.3 Å². The van der Waals surface area contributed by atoms with Crippen LogP contribution in [0.5, 0.6) is 5.75 Å². The van der Waals surface area contributed by atoms with Gasteiger partial charge in [-0.3, -0.25) is 4.79 Å². The Morgan fingerprint density at radius 2 is 1.94 bits per heavy atom. The number of ether oxygens (including phenoxy) is 1. The molecular weight excluding hydrogens is 442 g/mol. The third kappa shape index (κ3) is 5.49. The number of ketones is 1. The van der Waals surface area contributed by atoms with E-state index in [0.717, 1.165) is 39.6 Å². The number of aromatic nitrogens is 2. The van der Waals surface area contributed by atoms with Crippen LogP contribution in [0.1, 0.15) is 47.1 Å². The molecule has 1 N–H and O–H groups in total. The molecular formula is C24H31N3O3S2. The van der Waals surface area contributed by atoms with E-state index in [0.29, 0.717) is 23.5 Å². The molecule has 1 fully saturated rings. The standard InChI is InChI=1S/C22H25N3O3S2.C2H6/c1-14-23-17-5-4-15(28-3)12-16(17)21(24-14)29-13-18(26)19-6-7-20(30-19)22(27)8-10-25(2)11-9-22;1-2/h4-7,12,27H,8-11,13H2,1-3H3;1-2H3. The summed E-state index contributed by atoms with van der Waals surface area (Å²) in [5.41, 5.74) is 0.0143. The SMILES string of the molecule is CC.COc1ccc2nc(C)nc(SCC(=O)c3ccc(C4(O)CCN(C)CC4)s3)c2c1. The number of fused-ring (bicyclic) bond motifs is 1. The van der Waals surface area contributed by atoms with Gasteiger partial charge in [-0.1, -0.05) is 25.6 Å². The lowest BCUT2D eigenvalue weighted by molar-refractivity contribution is -0.0172. The van der Waals surface area contributed by atoms with Crippen molar-refractivity contribution >= 4 is 39.8 Å². The van der Waals surface area contributed by atoms with Crippen molar-refractivity contribution in [1.82, 2.24) is 14.9 Å². The smallest absolute Gasteiger partial charge is 0.183 e. The van der Waals surface area contributed by atoms with Crippen molar-refractivity contribution in [2.75, 3.05) is 33.0 Å². The topological polar surface area (TPSA) is 75.5 Å². The molecule has 1 aliphatic rings. The predicted octanol–water partition coefficient (Wildman–Crippen LogP) is 4.92. The number of benzene rings is 1. The van der Waals surface area contributed by atoms with E-state index in [9.17, 15) is 9.90 Å². The zero-order valence-corrected chi connectivity index (χ0v) is 21.0. The maximum absolute atomic E-state index is 12.8. The number of thioether (sulfide) groups is 1. The fourth-order valence-electron chi connectivity index (χ4n) is 3.61. The number of Topliss-reactive ketones (excluding diaryl/α,β-unsaturated/α-hetero) is 1. The molecule has 1 aromatic carbocycles. The molecule has 3 aromatic rings. The molecule has 0 spiro atoms. The van der Waals surface area contributed by atoms with Crippen molar-refractivity contribution in [2.45, 2.75) is 44.2 Å². The lowest BCUT2D eigenvalue weighted by atomic mass is 9.90. The van der Waals surface area contributed by atoms with Crippen molar-refractivity contribution < 1.29 is 14.6 Å². The van der Waals surface area contributed by atoms with Gasteiger partial charge in [0, 0.05) is 23.4 Å².